The number of nitrogens with two attached hydrogens (primary N) is 1. The van der Waals surface area contributed by atoms with Crippen LogP contribution in [-0.4, -0.2) is 9.78 Å². The number of nitrogen functional groups attached to an aromatic ring is 1. The van der Waals surface area contributed by atoms with Crippen molar-refractivity contribution in [3.63, 3.8) is 0 Å². The summed E-state index contributed by atoms with van der Waals surface area (Å²) in [4.78, 5) is 0. The molecule has 0 fully saturated rings. The highest BCUT2D eigenvalue weighted by atomic mass is 35.5. The predicted molar refractivity (Wildman–Crippen MR) is 54.8 cm³/mol. The van der Waals surface area contributed by atoms with Gasteiger partial charge in [-0.05, 0) is 19.1 Å². The van der Waals surface area contributed by atoms with Crippen LogP contribution in [0, 0.1) is 0 Å². The van der Waals surface area contributed by atoms with Crippen molar-refractivity contribution >= 4 is 28.2 Å². The molecule has 1 heterocycles. The second kappa shape index (κ2) is 2.92. The first-order chi connectivity index (χ1) is 6.24. The predicted octanol–water partition coefficient (Wildman–Crippen LogP) is 2.29. The number of nitrogens with zero attached hydrogens (tertiary/aromatic N) is 2. The first-order valence-corrected chi connectivity index (χ1v) is 4.52. The molecule has 0 radical (unpaired) electrons. The number of halogens is 1. The summed E-state index contributed by atoms with van der Waals surface area (Å²) in [6.45, 7) is 2.75. The van der Waals surface area contributed by atoms with Gasteiger partial charge in [0.1, 0.15) is 5.15 Å². The lowest BCUT2D eigenvalue weighted by Gasteiger charge is -1.96. The highest BCUT2D eigenvalue weighted by Gasteiger charge is 2.09. The van der Waals surface area contributed by atoms with Crippen LogP contribution >= 0.6 is 11.6 Å². The van der Waals surface area contributed by atoms with Crippen molar-refractivity contribution in [3.05, 3.63) is 23.4 Å². The maximum Gasteiger partial charge on any atom is 0.136 e. The Labute approximate surface area is 81.1 Å². The molecule has 1 aromatic carbocycles. The standard InChI is InChI=1S/C9H10ClN3/c1-2-13-9(10)8-6(11)4-3-5-7(8)12-13/h3-5H,2,11H2,1H3. The highest BCUT2D eigenvalue weighted by molar-refractivity contribution is 6.35. The second-order valence-electron chi connectivity index (χ2n) is 2.85. The van der Waals surface area contributed by atoms with Gasteiger partial charge in [-0.2, -0.15) is 5.10 Å². The van der Waals surface area contributed by atoms with E-state index in [0.29, 0.717) is 10.8 Å². The summed E-state index contributed by atoms with van der Waals surface area (Å²) in [5, 5.41) is 5.77. The molecule has 1 aromatic heterocycles. The van der Waals surface area contributed by atoms with Crippen molar-refractivity contribution in [2.45, 2.75) is 13.5 Å². The van der Waals surface area contributed by atoms with Crippen molar-refractivity contribution < 1.29 is 0 Å². The summed E-state index contributed by atoms with van der Waals surface area (Å²) in [6, 6.07) is 5.61. The molecule has 0 atom stereocenters. The van der Waals surface area contributed by atoms with E-state index in [1.165, 1.54) is 0 Å². The zero-order chi connectivity index (χ0) is 9.42. The maximum absolute atomic E-state index is 6.08. The molecular formula is C9H10ClN3. The Morgan fingerprint density at radius 1 is 1.54 bits per heavy atom. The molecular weight excluding hydrogens is 186 g/mol. The van der Waals surface area contributed by atoms with Gasteiger partial charge in [-0.25, -0.2) is 0 Å². The van der Waals surface area contributed by atoms with Crippen molar-refractivity contribution in [3.8, 4) is 0 Å². The fourth-order valence-electron chi connectivity index (χ4n) is 1.38. The van der Waals surface area contributed by atoms with Gasteiger partial charge in [0.2, 0.25) is 0 Å². The van der Waals surface area contributed by atoms with Gasteiger partial charge < -0.3 is 5.73 Å². The summed E-state index contributed by atoms with van der Waals surface area (Å²) < 4.78 is 1.74. The molecule has 0 aliphatic rings. The number of aryl methyl sites for hydroxylation is 1. The minimum Gasteiger partial charge on any atom is -0.398 e. The van der Waals surface area contributed by atoms with Gasteiger partial charge in [0.05, 0.1) is 10.9 Å². The first kappa shape index (κ1) is 8.38. The Hall–Kier alpha value is -1.22. The quantitative estimate of drug-likeness (QED) is 0.710. The Morgan fingerprint density at radius 3 is 2.92 bits per heavy atom. The topological polar surface area (TPSA) is 43.8 Å². The van der Waals surface area contributed by atoms with Crippen LogP contribution < -0.4 is 5.73 Å². The molecule has 0 bridgehead atoms. The van der Waals surface area contributed by atoms with Gasteiger partial charge in [0.25, 0.3) is 0 Å². The summed E-state index contributed by atoms with van der Waals surface area (Å²) >= 11 is 6.08. The van der Waals surface area contributed by atoms with Crippen LogP contribution in [0.25, 0.3) is 10.9 Å². The van der Waals surface area contributed by atoms with E-state index in [0.717, 1.165) is 17.4 Å². The Balaban J connectivity index is 2.85. The molecule has 0 aliphatic heterocycles. The largest absolute Gasteiger partial charge is 0.398 e. The Kier molecular flexibility index (Phi) is 1.88. The molecule has 4 heteroatoms. The van der Waals surface area contributed by atoms with Crippen LogP contribution in [-0.2, 0) is 6.54 Å². The van der Waals surface area contributed by atoms with Crippen LogP contribution in [0.4, 0.5) is 5.69 Å². The van der Waals surface area contributed by atoms with E-state index in [9.17, 15) is 0 Å². The molecule has 0 saturated heterocycles. The van der Waals surface area contributed by atoms with E-state index in [1.807, 2.05) is 25.1 Å². The molecule has 0 unspecified atom stereocenters. The minimum atomic E-state index is 0.621. The number of hydrogen-bond donors (Lipinski definition) is 1. The molecule has 13 heavy (non-hydrogen) atoms. The number of hydrogen-bond acceptors (Lipinski definition) is 2. The lowest BCUT2D eigenvalue weighted by molar-refractivity contribution is 0.669. The number of rotatable bonds is 1. The van der Waals surface area contributed by atoms with E-state index in [2.05, 4.69) is 5.10 Å². The normalized spacial score (nSPS) is 10.9. The lowest BCUT2D eigenvalue weighted by atomic mass is 10.2. The summed E-state index contributed by atoms with van der Waals surface area (Å²) in [5.74, 6) is 0. The maximum atomic E-state index is 6.08. The van der Waals surface area contributed by atoms with Crippen molar-refractivity contribution in [2.75, 3.05) is 5.73 Å². The summed E-state index contributed by atoms with van der Waals surface area (Å²) in [7, 11) is 0. The fourth-order valence-corrected chi connectivity index (χ4v) is 1.74. The van der Waals surface area contributed by atoms with Crippen LogP contribution in [0.3, 0.4) is 0 Å². The van der Waals surface area contributed by atoms with Crippen LogP contribution in [0.5, 0.6) is 0 Å². The lowest BCUT2D eigenvalue weighted by Crippen LogP contribution is -1.95. The monoisotopic (exact) mass is 195 g/mol. The average molecular weight is 196 g/mol. The Morgan fingerprint density at radius 2 is 2.31 bits per heavy atom. The van der Waals surface area contributed by atoms with Gasteiger partial charge in [-0.1, -0.05) is 17.7 Å². The molecule has 68 valence electrons. The third-order valence-electron chi connectivity index (χ3n) is 2.04. The molecule has 2 N–H and O–H groups in total. The van der Waals surface area contributed by atoms with Crippen LogP contribution in [0.1, 0.15) is 6.92 Å². The number of benzene rings is 1. The molecule has 0 spiro atoms. The zero-order valence-corrected chi connectivity index (χ0v) is 8.04. The van der Waals surface area contributed by atoms with Gasteiger partial charge in [-0.3, -0.25) is 4.68 Å². The molecule has 0 saturated carbocycles. The van der Waals surface area contributed by atoms with Gasteiger partial charge in [0, 0.05) is 12.2 Å². The first-order valence-electron chi connectivity index (χ1n) is 4.14. The van der Waals surface area contributed by atoms with E-state index in [1.54, 1.807) is 4.68 Å². The van der Waals surface area contributed by atoms with Crippen LogP contribution in [0.2, 0.25) is 5.15 Å². The number of fused-ring (bicyclic) bond motifs is 1. The van der Waals surface area contributed by atoms with Crippen molar-refractivity contribution in [2.24, 2.45) is 0 Å². The van der Waals surface area contributed by atoms with E-state index in [4.69, 9.17) is 17.3 Å². The van der Waals surface area contributed by atoms with Crippen molar-refractivity contribution in [1.29, 1.82) is 0 Å². The molecule has 2 rings (SSSR count). The smallest absolute Gasteiger partial charge is 0.136 e. The number of anilines is 1. The van der Waals surface area contributed by atoms with Crippen LogP contribution in [0.15, 0.2) is 18.2 Å². The van der Waals surface area contributed by atoms with Gasteiger partial charge >= 0.3 is 0 Å². The highest BCUT2D eigenvalue weighted by Crippen LogP contribution is 2.27. The van der Waals surface area contributed by atoms with E-state index >= 15 is 0 Å². The third-order valence-corrected chi connectivity index (χ3v) is 2.42. The molecule has 3 nitrogen and oxygen atoms in total. The van der Waals surface area contributed by atoms with Gasteiger partial charge in [0.15, 0.2) is 0 Å². The average Bonchev–Trinajstić information content (AvgIpc) is 2.44. The number of aromatic nitrogens is 2. The molecule has 2 aromatic rings. The minimum absolute atomic E-state index is 0.621. The third kappa shape index (κ3) is 1.16. The Bertz CT molecular complexity index is 447. The zero-order valence-electron chi connectivity index (χ0n) is 7.29. The summed E-state index contributed by atoms with van der Waals surface area (Å²) in [5.41, 5.74) is 7.32. The van der Waals surface area contributed by atoms with Crippen molar-refractivity contribution in [1.82, 2.24) is 9.78 Å². The second-order valence-corrected chi connectivity index (χ2v) is 3.21. The molecule has 0 aliphatic carbocycles. The van der Waals surface area contributed by atoms with Gasteiger partial charge in [-0.15, -0.1) is 0 Å². The fraction of sp³-hybridized carbons (Fsp3) is 0.222. The summed E-state index contributed by atoms with van der Waals surface area (Å²) in [6.07, 6.45) is 0. The SMILES string of the molecule is CCn1nc2cccc(N)c2c1Cl. The van der Waals surface area contributed by atoms with E-state index < -0.39 is 0 Å². The molecule has 0 amide bonds. The van der Waals surface area contributed by atoms with E-state index in [-0.39, 0.29) is 0 Å².